The molecule has 0 radical (unpaired) electrons. The lowest BCUT2D eigenvalue weighted by Crippen LogP contribution is -2.44. The minimum Gasteiger partial charge on any atom is -0.300 e. The van der Waals surface area contributed by atoms with Crippen molar-refractivity contribution in [2.45, 2.75) is 83.8 Å². The molecule has 3 unspecified atom stereocenters. The molecular weight excluding hydrogens is 234 g/mol. The summed E-state index contributed by atoms with van der Waals surface area (Å²) in [6, 6.07) is 3.99. The maximum atomic E-state index is 9.42. The van der Waals surface area contributed by atoms with Gasteiger partial charge in [0.2, 0.25) is 0 Å². The monoisotopic (exact) mass is 265 g/mol. The molecule has 1 fully saturated rings. The average Bonchev–Trinajstić information content (AvgIpc) is 2.78. The summed E-state index contributed by atoms with van der Waals surface area (Å²) in [6.07, 6.45) is 6.92. The number of likely N-dealkylation sites (tertiary alicyclic amines) is 1. The van der Waals surface area contributed by atoms with Gasteiger partial charge in [0.1, 0.15) is 5.54 Å². The maximum Gasteiger partial charge on any atom is 0.106 e. The van der Waals surface area contributed by atoms with E-state index in [1.165, 1.54) is 19.3 Å². The van der Waals surface area contributed by atoms with Crippen molar-refractivity contribution < 1.29 is 0 Å². The first kappa shape index (κ1) is 16.5. The van der Waals surface area contributed by atoms with Crippen LogP contribution in [0.25, 0.3) is 0 Å². The average molecular weight is 265 g/mol. The van der Waals surface area contributed by atoms with Crippen molar-refractivity contribution in [2.75, 3.05) is 13.1 Å². The van der Waals surface area contributed by atoms with Gasteiger partial charge in [-0.1, -0.05) is 20.8 Å². The van der Waals surface area contributed by atoms with Crippen LogP contribution in [0.15, 0.2) is 0 Å². The Morgan fingerprint density at radius 2 is 2.05 bits per heavy atom. The molecule has 0 amide bonds. The smallest absolute Gasteiger partial charge is 0.106 e. The zero-order valence-corrected chi connectivity index (χ0v) is 13.2. The summed E-state index contributed by atoms with van der Waals surface area (Å²) in [7, 11) is 0. The number of hydrogen-bond donors (Lipinski definition) is 1. The summed E-state index contributed by atoms with van der Waals surface area (Å²) in [4.78, 5) is 2.66. The molecule has 1 heterocycles. The Morgan fingerprint density at radius 1 is 1.32 bits per heavy atom. The molecule has 3 heteroatoms. The van der Waals surface area contributed by atoms with Gasteiger partial charge in [-0.3, -0.25) is 10.2 Å². The highest BCUT2D eigenvalue weighted by molar-refractivity contribution is 5.06. The van der Waals surface area contributed by atoms with Crippen LogP contribution in [0, 0.1) is 11.3 Å². The normalized spacial score (nSPS) is 27.1. The van der Waals surface area contributed by atoms with E-state index >= 15 is 0 Å². The topological polar surface area (TPSA) is 39.1 Å². The molecule has 110 valence electrons. The van der Waals surface area contributed by atoms with E-state index in [2.05, 4.69) is 44.0 Å². The quantitative estimate of drug-likeness (QED) is 0.732. The third kappa shape index (κ3) is 4.19. The van der Waals surface area contributed by atoms with E-state index in [1.54, 1.807) is 0 Å². The fraction of sp³-hybridized carbons (Fsp3) is 0.938. The Morgan fingerprint density at radius 3 is 2.58 bits per heavy atom. The van der Waals surface area contributed by atoms with Crippen LogP contribution in [0.3, 0.4) is 0 Å². The van der Waals surface area contributed by atoms with Gasteiger partial charge in [-0.15, -0.1) is 0 Å². The molecule has 3 atom stereocenters. The first-order chi connectivity index (χ1) is 9.12. The van der Waals surface area contributed by atoms with Crippen LogP contribution < -0.4 is 5.32 Å². The largest absolute Gasteiger partial charge is 0.300 e. The van der Waals surface area contributed by atoms with Crippen LogP contribution in [0.5, 0.6) is 0 Å². The van der Waals surface area contributed by atoms with E-state index in [4.69, 9.17) is 0 Å². The Labute approximate surface area is 119 Å². The van der Waals surface area contributed by atoms with Crippen molar-refractivity contribution in [3.8, 4) is 6.07 Å². The molecule has 0 aliphatic carbocycles. The Balaban J connectivity index is 2.45. The van der Waals surface area contributed by atoms with E-state index < -0.39 is 0 Å². The van der Waals surface area contributed by atoms with Gasteiger partial charge in [0.15, 0.2) is 0 Å². The fourth-order valence-electron chi connectivity index (χ4n) is 3.43. The lowest BCUT2D eigenvalue weighted by atomic mass is 9.91. The summed E-state index contributed by atoms with van der Waals surface area (Å²) >= 11 is 0. The summed E-state index contributed by atoms with van der Waals surface area (Å²) in [6.45, 7) is 10.8. The van der Waals surface area contributed by atoms with Gasteiger partial charge in [0, 0.05) is 12.1 Å². The van der Waals surface area contributed by atoms with Crippen LogP contribution in [0.2, 0.25) is 0 Å². The van der Waals surface area contributed by atoms with E-state index in [9.17, 15) is 5.26 Å². The molecule has 1 aliphatic rings. The van der Waals surface area contributed by atoms with Crippen LogP contribution in [0.1, 0.15) is 66.2 Å². The molecule has 3 nitrogen and oxygen atoms in total. The molecule has 0 aromatic heterocycles. The zero-order valence-electron chi connectivity index (χ0n) is 13.2. The molecule has 19 heavy (non-hydrogen) atoms. The SMILES string of the molecule is CCNC(C#N)(CC)CCCN1C(C)CCC1CC. The van der Waals surface area contributed by atoms with Crippen molar-refractivity contribution in [1.29, 1.82) is 5.26 Å². The summed E-state index contributed by atoms with van der Waals surface area (Å²) < 4.78 is 0. The first-order valence-electron chi connectivity index (χ1n) is 8.04. The summed E-state index contributed by atoms with van der Waals surface area (Å²) in [5.74, 6) is 0. The predicted octanol–water partition coefficient (Wildman–Crippen LogP) is 3.31. The standard InChI is InChI=1S/C16H31N3/c1-5-15-10-9-14(4)19(15)12-8-11-16(6-2,13-17)18-7-3/h14-15,18H,5-12H2,1-4H3. The summed E-state index contributed by atoms with van der Waals surface area (Å²) in [5.41, 5.74) is -0.306. The van der Waals surface area contributed by atoms with Crippen molar-refractivity contribution in [2.24, 2.45) is 0 Å². The van der Waals surface area contributed by atoms with Crippen molar-refractivity contribution >= 4 is 0 Å². The molecule has 0 bridgehead atoms. The molecule has 1 saturated heterocycles. The third-order valence-corrected chi connectivity index (χ3v) is 4.78. The minimum absolute atomic E-state index is 0.306. The van der Waals surface area contributed by atoms with Gasteiger partial charge in [0.25, 0.3) is 0 Å². The highest BCUT2D eigenvalue weighted by Crippen LogP contribution is 2.27. The van der Waals surface area contributed by atoms with E-state index in [-0.39, 0.29) is 5.54 Å². The highest BCUT2D eigenvalue weighted by atomic mass is 15.2. The van der Waals surface area contributed by atoms with Crippen molar-refractivity contribution in [3.63, 3.8) is 0 Å². The Bertz CT molecular complexity index is 297. The molecule has 1 aliphatic heterocycles. The molecule has 0 aromatic carbocycles. The van der Waals surface area contributed by atoms with Gasteiger partial charge < -0.3 is 0 Å². The predicted molar refractivity (Wildman–Crippen MR) is 81.0 cm³/mol. The van der Waals surface area contributed by atoms with Crippen LogP contribution in [-0.4, -0.2) is 35.6 Å². The third-order valence-electron chi connectivity index (χ3n) is 4.78. The fourth-order valence-corrected chi connectivity index (χ4v) is 3.43. The second-order valence-electron chi connectivity index (χ2n) is 5.91. The van der Waals surface area contributed by atoms with E-state index in [0.717, 1.165) is 44.4 Å². The maximum absolute atomic E-state index is 9.42. The van der Waals surface area contributed by atoms with Crippen LogP contribution >= 0.6 is 0 Å². The molecule has 0 aromatic rings. The summed E-state index contributed by atoms with van der Waals surface area (Å²) in [5, 5.41) is 12.8. The van der Waals surface area contributed by atoms with Gasteiger partial charge in [-0.2, -0.15) is 5.26 Å². The number of nitriles is 1. The lowest BCUT2D eigenvalue weighted by molar-refractivity contribution is 0.188. The van der Waals surface area contributed by atoms with E-state index in [0.29, 0.717) is 0 Å². The van der Waals surface area contributed by atoms with Gasteiger partial charge in [-0.05, 0) is 58.5 Å². The number of nitrogens with zero attached hydrogens (tertiary/aromatic N) is 2. The van der Waals surface area contributed by atoms with E-state index in [1.807, 2.05) is 0 Å². The van der Waals surface area contributed by atoms with Crippen LogP contribution in [0.4, 0.5) is 0 Å². The number of rotatable bonds is 8. The van der Waals surface area contributed by atoms with Gasteiger partial charge in [-0.25, -0.2) is 0 Å². The highest BCUT2D eigenvalue weighted by Gasteiger charge is 2.30. The second-order valence-corrected chi connectivity index (χ2v) is 5.91. The Hall–Kier alpha value is -0.590. The van der Waals surface area contributed by atoms with Crippen molar-refractivity contribution in [1.82, 2.24) is 10.2 Å². The number of hydrogen-bond acceptors (Lipinski definition) is 3. The molecular formula is C16H31N3. The van der Waals surface area contributed by atoms with Crippen LogP contribution in [-0.2, 0) is 0 Å². The minimum atomic E-state index is -0.306. The lowest BCUT2D eigenvalue weighted by Gasteiger charge is -2.30. The second kappa shape index (κ2) is 7.87. The molecule has 0 spiro atoms. The molecule has 1 N–H and O–H groups in total. The Kier molecular flexibility index (Phi) is 6.82. The van der Waals surface area contributed by atoms with Gasteiger partial charge >= 0.3 is 0 Å². The first-order valence-corrected chi connectivity index (χ1v) is 8.04. The van der Waals surface area contributed by atoms with Crippen molar-refractivity contribution in [3.05, 3.63) is 0 Å². The molecule has 0 saturated carbocycles. The zero-order chi connectivity index (χ0) is 14.3. The van der Waals surface area contributed by atoms with Gasteiger partial charge in [0.05, 0.1) is 6.07 Å². The molecule has 1 rings (SSSR count). The number of nitrogens with one attached hydrogen (secondary N) is 1.